The molecule has 0 heterocycles. The van der Waals surface area contributed by atoms with E-state index in [-0.39, 0.29) is 5.41 Å². The zero-order valence-electron chi connectivity index (χ0n) is 17.3. The summed E-state index contributed by atoms with van der Waals surface area (Å²) in [5.41, 5.74) is 3.80. The second-order valence-electron chi connectivity index (χ2n) is 7.56. The summed E-state index contributed by atoms with van der Waals surface area (Å²) >= 11 is 3.32. The number of ether oxygens (including phenoxy) is 1. The van der Waals surface area contributed by atoms with Crippen molar-refractivity contribution in [2.45, 2.75) is 58.3 Å². The molecular formula is C23H31O3SW-. The molecule has 0 saturated heterocycles. The molecule has 0 aromatic heterocycles. The Balaban J connectivity index is 1.97. The maximum atomic E-state index is 8.92. The van der Waals surface area contributed by atoms with Crippen LogP contribution in [0.5, 0.6) is 5.75 Å². The zero-order chi connectivity index (χ0) is 20.6. The van der Waals surface area contributed by atoms with Gasteiger partial charge in [0.15, 0.2) is 0 Å². The van der Waals surface area contributed by atoms with Crippen LogP contribution in [0, 0.1) is 11.5 Å². The first-order chi connectivity index (χ1) is 13.4. The molecule has 0 aliphatic heterocycles. The van der Waals surface area contributed by atoms with Crippen molar-refractivity contribution >= 4 is 15.7 Å². The van der Waals surface area contributed by atoms with Crippen molar-refractivity contribution in [2.24, 2.45) is 5.41 Å². The summed E-state index contributed by atoms with van der Waals surface area (Å²) < 4.78 is 7.45. The van der Waals surface area contributed by atoms with Crippen LogP contribution in [0.25, 0.3) is 0 Å². The zero-order valence-corrected chi connectivity index (χ0v) is 21.1. The topological polar surface area (TPSA) is 38.7 Å². The number of allylic oxidation sites excluding steroid dienone is 2. The second kappa shape index (κ2) is 11.5. The Kier molecular flexibility index (Phi) is 9.69. The SMILES string of the molecule is C[C-]=C(C)/C(COc1ccc(SCC2(COO)CCCC2)cc1)=C(/C)[C](C)=[W]. The van der Waals surface area contributed by atoms with Gasteiger partial charge >= 0.3 is 143 Å². The number of hydrogen-bond acceptors (Lipinski definition) is 4. The van der Waals surface area contributed by atoms with Crippen molar-refractivity contribution in [1.29, 1.82) is 0 Å². The van der Waals surface area contributed by atoms with E-state index in [0.717, 1.165) is 29.9 Å². The van der Waals surface area contributed by atoms with Gasteiger partial charge in [-0.1, -0.05) is 12.8 Å². The summed E-state index contributed by atoms with van der Waals surface area (Å²) in [7, 11) is 0. The third kappa shape index (κ3) is 6.69. The Morgan fingerprint density at radius 1 is 1.18 bits per heavy atom. The van der Waals surface area contributed by atoms with E-state index in [2.05, 4.69) is 43.9 Å². The molecule has 3 nitrogen and oxygen atoms in total. The van der Waals surface area contributed by atoms with E-state index >= 15 is 0 Å². The molecule has 0 atom stereocenters. The van der Waals surface area contributed by atoms with Crippen molar-refractivity contribution in [1.82, 2.24) is 0 Å². The van der Waals surface area contributed by atoms with Gasteiger partial charge in [0.25, 0.3) is 0 Å². The normalized spacial score (nSPS) is 17.4. The third-order valence-corrected chi connectivity index (χ3v) is 8.06. The molecule has 0 unspecified atom stereocenters. The van der Waals surface area contributed by atoms with Crippen LogP contribution in [-0.4, -0.2) is 28.1 Å². The van der Waals surface area contributed by atoms with Crippen LogP contribution in [0.4, 0.5) is 0 Å². The minimum atomic E-state index is 0.114. The summed E-state index contributed by atoms with van der Waals surface area (Å²) in [6.45, 7) is 9.37. The predicted octanol–water partition coefficient (Wildman–Crippen LogP) is 6.03. The van der Waals surface area contributed by atoms with Crippen LogP contribution in [-0.2, 0) is 24.2 Å². The van der Waals surface area contributed by atoms with Crippen LogP contribution in [0.2, 0.25) is 0 Å². The van der Waals surface area contributed by atoms with Crippen LogP contribution in [0.15, 0.2) is 45.9 Å². The van der Waals surface area contributed by atoms with Crippen molar-refractivity contribution in [3.8, 4) is 5.75 Å². The molecule has 0 amide bonds. The Bertz CT molecular complexity index is 716. The van der Waals surface area contributed by atoms with Crippen molar-refractivity contribution in [3.05, 3.63) is 47.1 Å². The van der Waals surface area contributed by atoms with E-state index in [4.69, 9.17) is 9.99 Å². The van der Waals surface area contributed by atoms with Gasteiger partial charge in [-0.25, -0.2) is 4.89 Å². The Morgan fingerprint density at radius 3 is 2.36 bits per heavy atom. The van der Waals surface area contributed by atoms with Crippen LogP contribution < -0.4 is 4.74 Å². The predicted molar refractivity (Wildman–Crippen MR) is 114 cm³/mol. The number of benzene rings is 1. The first-order valence-corrected chi connectivity index (χ1v) is 12.2. The molecule has 1 aromatic rings. The molecule has 28 heavy (non-hydrogen) atoms. The van der Waals surface area contributed by atoms with E-state index in [1.54, 1.807) is 0 Å². The van der Waals surface area contributed by atoms with Crippen LogP contribution in [0.1, 0.15) is 53.4 Å². The van der Waals surface area contributed by atoms with E-state index in [1.165, 1.54) is 52.1 Å². The molecule has 1 aromatic carbocycles. The molecule has 5 heteroatoms. The average Bonchev–Trinajstić information content (AvgIpc) is 3.16. The first kappa shape index (κ1) is 23.6. The molecule has 2 rings (SSSR count). The van der Waals surface area contributed by atoms with Gasteiger partial charge in [0.1, 0.15) is 0 Å². The van der Waals surface area contributed by atoms with Gasteiger partial charge in [0.2, 0.25) is 0 Å². The summed E-state index contributed by atoms with van der Waals surface area (Å²) in [6, 6.07) is 8.33. The van der Waals surface area contributed by atoms with Gasteiger partial charge in [0, 0.05) is 0 Å². The van der Waals surface area contributed by atoms with E-state index in [9.17, 15) is 0 Å². The molecular weight excluding hydrogens is 540 g/mol. The monoisotopic (exact) mass is 571 g/mol. The van der Waals surface area contributed by atoms with Gasteiger partial charge in [-0.3, -0.25) is 5.26 Å². The molecule has 1 N–H and O–H groups in total. The van der Waals surface area contributed by atoms with Gasteiger partial charge in [-0.15, -0.1) is 0 Å². The van der Waals surface area contributed by atoms with Crippen molar-refractivity contribution in [2.75, 3.05) is 19.0 Å². The Morgan fingerprint density at radius 2 is 1.82 bits per heavy atom. The second-order valence-corrected chi connectivity index (χ2v) is 10.8. The molecule has 1 saturated carbocycles. The summed E-state index contributed by atoms with van der Waals surface area (Å²) in [4.78, 5) is 5.74. The van der Waals surface area contributed by atoms with Crippen molar-refractivity contribution in [3.63, 3.8) is 0 Å². The Labute approximate surface area is 184 Å². The molecule has 1 aliphatic rings. The fraction of sp³-hybridized carbons (Fsp3) is 0.522. The van der Waals surface area contributed by atoms with Crippen LogP contribution in [0.3, 0.4) is 0 Å². The van der Waals surface area contributed by atoms with E-state index in [1.807, 2.05) is 30.8 Å². The minimum absolute atomic E-state index is 0.114. The number of thioether (sulfide) groups is 1. The van der Waals surface area contributed by atoms with E-state index < -0.39 is 0 Å². The summed E-state index contributed by atoms with van der Waals surface area (Å²) in [5.74, 6) is 1.86. The maximum absolute atomic E-state index is 8.92. The molecule has 1 aliphatic carbocycles. The van der Waals surface area contributed by atoms with Gasteiger partial charge < -0.3 is 0 Å². The third-order valence-electron chi connectivity index (χ3n) is 5.60. The van der Waals surface area contributed by atoms with E-state index in [0.29, 0.717) is 13.2 Å². The molecule has 0 radical (unpaired) electrons. The van der Waals surface area contributed by atoms with Gasteiger partial charge in [-0.2, -0.15) is 0 Å². The van der Waals surface area contributed by atoms with Crippen molar-refractivity contribution < 1.29 is 34.2 Å². The average molecular weight is 571 g/mol. The molecule has 154 valence electrons. The summed E-state index contributed by atoms with van der Waals surface area (Å²) in [5, 5.41) is 8.92. The fourth-order valence-electron chi connectivity index (χ4n) is 3.48. The number of rotatable bonds is 10. The fourth-order valence-corrected chi connectivity index (χ4v) is 5.09. The van der Waals surface area contributed by atoms with Gasteiger partial charge in [0.05, 0.1) is 6.61 Å². The molecule has 1 fully saturated rings. The van der Waals surface area contributed by atoms with Gasteiger partial charge in [-0.05, 0) is 12.8 Å². The molecule has 0 bridgehead atoms. The summed E-state index contributed by atoms with van der Waals surface area (Å²) in [6.07, 6.45) is 7.97. The van der Waals surface area contributed by atoms with Crippen LogP contribution >= 0.6 is 11.8 Å². The quantitative estimate of drug-likeness (QED) is 0.122. The first-order valence-electron chi connectivity index (χ1n) is 9.75. The number of hydrogen-bond donors (Lipinski definition) is 1. The molecule has 0 spiro atoms. The standard InChI is InChI=1S/C23H31O3S.W/c1-5-18(3)22(19(4)6-2)15-25-20-9-11-21(12-10-20)27-17-23(16-26-24)13-7-8-14-23;/h9-12,24H,7-8,13-17H2,1-4H3;/q-1;/b22-18-;. The Hall–Kier alpha value is -0.672.